The van der Waals surface area contributed by atoms with Gasteiger partial charge in [0.15, 0.2) is 5.58 Å². The number of hydrogen-bond donors (Lipinski definition) is 0. The van der Waals surface area contributed by atoms with E-state index in [1.807, 2.05) is 25.1 Å². The number of nitrogens with zero attached hydrogens (tertiary/aromatic N) is 1. The first kappa shape index (κ1) is 7.09. The molecule has 0 saturated carbocycles. The summed E-state index contributed by atoms with van der Waals surface area (Å²) in [7, 11) is 0. The molecule has 0 radical (unpaired) electrons. The minimum Gasteiger partial charge on any atom is -0.432 e. The fourth-order valence-electron chi connectivity index (χ4n) is 1.06. The number of rotatable bonds is 0. The Morgan fingerprint density at radius 3 is 3.00 bits per heavy atom. The summed E-state index contributed by atoms with van der Waals surface area (Å²) in [5.74, 6) is 0. The number of aromatic nitrogens is 1. The Bertz CT molecular complexity index is 394. The molecule has 2 nitrogen and oxygen atoms in total. The van der Waals surface area contributed by atoms with Gasteiger partial charge in [-0.25, -0.2) is 4.98 Å². The van der Waals surface area contributed by atoms with Crippen LogP contribution in [0.25, 0.3) is 11.1 Å². The highest BCUT2D eigenvalue weighted by molar-refractivity contribution is 14.1. The maximum atomic E-state index is 5.37. The summed E-state index contributed by atoms with van der Waals surface area (Å²) < 4.78 is 6.08. The second kappa shape index (κ2) is 2.48. The average molecular weight is 259 g/mol. The largest absolute Gasteiger partial charge is 0.432 e. The Labute approximate surface area is 77.8 Å². The average Bonchev–Trinajstić information content (AvgIpc) is 2.31. The van der Waals surface area contributed by atoms with Crippen molar-refractivity contribution in [2.75, 3.05) is 0 Å². The number of aryl methyl sites for hydroxylation is 1. The van der Waals surface area contributed by atoms with E-state index in [4.69, 9.17) is 4.42 Å². The van der Waals surface area contributed by atoms with Crippen molar-refractivity contribution in [3.8, 4) is 0 Å². The van der Waals surface area contributed by atoms with E-state index in [9.17, 15) is 0 Å². The molecule has 0 atom stereocenters. The molecule has 0 fully saturated rings. The lowest BCUT2D eigenvalue weighted by molar-refractivity contribution is 0.564. The molecule has 2 aromatic rings. The monoisotopic (exact) mass is 259 g/mol. The van der Waals surface area contributed by atoms with Gasteiger partial charge in [-0.3, -0.25) is 0 Å². The Kier molecular flexibility index (Phi) is 1.60. The number of benzene rings is 1. The molecular weight excluding hydrogens is 253 g/mol. The van der Waals surface area contributed by atoms with Crippen LogP contribution in [0.5, 0.6) is 0 Å². The molecule has 0 amide bonds. The van der Waals surface area contributed by atoms with Gasteiger partial charge < -0.3 is 4.42 Å². The first-order valence-electron chi connectivity index (χ1n) is 3.29. The number of fused-ring (bicyclic) bond motifs is 1. The summed E-state index contributed by atoms with van der Waals surface area (Å²) in [6.45, 7) is 2.02. The van der Waals surface area contributed by atoms with Gasteiger partial charge in [0.05, 0.1) is 0 Å². The van der Waals surface area contributed by atoms with E-state index >= 15 is 0 Å². The predicted molar refractivity (Wildman–Crippen MR) is 51.5 cm³/mol. The second-order valence-electron chi connectivity index (χ2n) is 2.39. The highest BCUT2D eigenvalue weighted by Crippen LogP contribution is 2.19. The van der Waals surface area contributed by atoms with E-state index in [2.05, 4.69) is 27.6 Å². The van der Waals surface area contributed by atoms with Gasteiger partial charge >= 0.3 is 0 Å². The molecule has 0 N–H and O–H groups in total. The quantitative estimate of drug-likeness (QED) is 0.680. The fourth-order valence-corrected chi connectivity index (χ4v) is 1.54. The SMILES string of the molecule is Cc1cccc2nc(I)oc12. The molecule has 0 aliphatic rings. The zero-order chi connectivity index (χ0) is 7.84. The van der Waals surface area contributed by atoms with Crippen molar-refractivity contribution < 1.29 is 4.42 Å². The lowest BCUT2D eigenvalue weighted by atomic mass is 10.2. The van der Waals surface area contributed by atoms with E-state index in [1.165, 1.54) is 0 Å². The molecule has 11 heavy (non-hydrogen) atoms. The molecule has 0 unspecified atom stereocenters. The first-order valence-corrected chi connectivity index (χ1v) is 4.37. The van der Waals surface area contributed by atoms with Crippen LogP contribution in [0.3, 0.4) is 0 Å². The standard InChI is InChI=1S/C8H6INO/c1-5-3-2-4-6-7(5)11-8(9)10-6/h2-4H,1H3. The van der Waals surface area contributed by atoms with Crippen molar-refractivity contribution in [3.63, 3.8) is 0 Å². The molecule has 0 aliphatic carbocycles. The fraction of sp³-hybridized carbons (Fsp3) is 0.125. The van der Waals surface area contributed by atoms with Crippen LogP contribution in [0.15, 0.2) is 22.6 Å². The van der Waals surface area contributed by atoms with Gasteiger partial charge in [0.2, 0.25) is 0 Å². The van der Waals surface area contributed by atoms with Crippen molar-refractivity contribution >= 4 is 33.7 Å². The molecule has 0 spiro atoms. The zero-order valence-corrected chi connectivity index (χ0v) is 8.12. The van der Waals surface area contributed by atoms with Crippen LogP contribution in [-0.2, 0) is 0 Å². The first-order chi connectivity index (χ1) is 5.27. The van der Waals surface area contributed by atoms with E-state index in [-0.39, 0.29) is 0 Å². The molecule has 1 aromatic heterocycles. The van der Waals surface area contributed by atoms with Crippen LogP contribution < -0.4 is 0 Å². The Hall–Kier alpha value is -0.580. The summed E-state index contributed by atoms with van der Waals surface area (Å²) in [5, 5.41) is 0. The maximum absolute atomic E-state index is 5.37. The summed E-state index contributed by atoms with van der Waals surface area (Å²) in [5.41, 5.74) is 2.98. The Morgan fingerprint density at radius 2 is 2.27 bits per heavy atom. The lowest BCUT2D eigenvalue weighted by Crippen LogP contribution is -1.71. The van der Waals surface area contributed by atoms with E-state index in [0.717, 1.165) is 16.7 Å². The van der Waals surface area contributed by atoms with Crippen LogP contribution in [0.4, 0.5) is 0 Å². The van der Waals surface area contributed by atoms with Crippen molar-refractivity contribution in [3.05, 3.63) is 27.7 Å². The van der Waals surface area contributed by atoms with Crippen molar-refractivity contribution in [1.29, 1.82) is 0 Å². The molecule has 0 bridgehead atoms. The van der Waals surface area contributed by atoms with Gasteiger partial charge in [-0.1, -0.05) is 12.1 Å². The summed E-state index contributed by atoms with van der Waals surface area (Å²) >= 11 is 2.07. The van der Waals surface area contributed by atoms with Crippen LogP contribution in [0.1, 0.15) is 5.56 Å². The molecular formula is C8H6INO. The minimum atomic E-state index is 0.701. The Morgan fingerprint density at radius 1 is 1.45 bits per heavy atom. The van der Waals surface area contributed by atoms with Crippen molar-refractivity contribution in [2.45, 2.75) is 6.92 Å². The van der Waals surface area contributed by atoms with Gasteiger partial charge in [-0.05, 0) is 18.6 Å². The second-order valence-corrected chi connectivity index (χ2v) is 3.31. The van der Waals surface area contributed by atoms with Gasteiger partial charge in [0, 0.05) is 22.6 Å². The molecule has 0 aliphatic heterocycles. The third kappa shape index (κ3) is 1.13. The summed E-state index contributed by atoms with van der Waals surface area (Å²) in [6, 6.07) is 5.95. The van der Waals surface area contributed by atoms with Crippen LogP contribution in [-0.4, -0.2) is 4.98 Å². The van der Waals surface area contributed by atoms with Crippen LogP contribution in [0.2, 0.25) is 0 Å². The number of oxazole rings is 1. The summed E-state index contributed by atoms with van der Waals surface area (Å²) in [4.78, 5) is 4.19. The molecule has 1 aromatic carbocycles. The number of para-hydroxylation sites is 1. The van der Waals surface area contributed by atoms with E-state index < -0.39 is 0 Å². The zero-order valence-electron chi connectivity index (χ0n) is 5.97. The van der Waals surface area contributed by atoms with Crippen molar-refractivity contribution in [1.82, 2.24) is 4.98 Å². The normalized spacial score (nSPS) is 10.7. The van der Waals surface area contributed by atoms with E-state index in [0.29, 0.717) is 3.90 Å². The maximum Gasteiger partial charge on any atom is 0.258 e. The summed E-state index contributed by atoms with van der Waals surface area (Å²) in [6.07, 6.45) is 0. The smallest absolute Gasteiger partial charge is 0.258 e. The lowest BCUT2D eigenvalue weighted by Gasteiger charge is -1.88. The molecule has 0 saturated heterocycles. The van der Waals surface area contributed by atoms with Gasteiger partial charge in [-0.15, -0.1) is 0 Å². The Balaban J connectivity index is 2.90. The predicted octanol–water partition coefficient (Wildman–Crippen LogP) is 2.74. The third-order valence-electron chi connectivity index (χ3n) is 1.59. The molecule has 1 heterocycles. The van der Waals surface area contributed by atoms with Crippen LogP contribution >= 0.6 is 22.6 Å². The minimum absolute atomic E-state index is 0.701. The highest BCUT2D eigenvalue weighted by atomic mass is 127. The molecule has 56 valence electrons. The highest BCUT2D eigenvalue weighted by Gasteiger charge is 2.03. The van der Waals surface area contributed by atoms with Gasteiger partial charge in [-0.2, -0.15) is 0 Å². The third-order valence-corrected chi connectivity index (χ3v) is 2.05. The van der Waals surface area contributed by atoms with Gasteiger partial charge in [0.1, 0.15) is 5.52 Å². The van der Waals surface area contributed by atoms with Crippen LogP contribution in [0, 0.1) is 10.8 Å². The van der Waals surface area contributed by atoms with E-state index in [1.54, 1.807) is 0 Å². The van der Waals surface area contributed by atoms with Crippen molar-refractivity contribution in [2.24, 2.45) is 0 Å². The van der Waals surface area contributed by atoms with Gasteiger partial charge in [0.25, 0.3) is 3.90 Å². The molecule has 2 rings (SSSR count). The molecule has 3 heteroatoms. The topological polar surface area (TPSA) is 26.0 Å². The number of halogens is 1. The number of hydrogen-bond acceptors (Lipinski definition) is 2.